The highest BCUT2D eigenvalue weighted by atomic mass is 14.7. The molecule has 4 aromatic rings. The molecule has 1 nitrogen and oxygen atoms in total. The number of nitrogens with one attached hydrogen (secondary N) is 1. The molecule has 1 heterocycles. The van der Waals surface area contributed by atoms with Crippen molar-refractivity contribution in [3.63, 3.8) is 0 Å². The summed E-state index contributed by atoms with van der Waals surface area (Å²) in [6.07, 6.45) is 5.69. The summed E-state index contributed by atoms with van der Waals surface area (Å²) in [7, 11) is 0. The number of H-pyrrole nitrogens is 1. The number of aromatic amines is 1. The zero-order chi connectivity index (χ0) is 17.1. The number of fused-ring (bicyclic) bond motifs is 6. The summed E-state index contributed by atoms with van der Waals surface area (Å²) in [5.74, 6) is 0. The van der Waals surface area contributed by atoms with Crippen LogP contribution in [0.25, 0.3) is 39.8 Å². The molecule has 2 aliphatic carbocycles. The Labute approximate surface area is 152 Å². The van der Waals surface area contributed by atoms with E-state index in [1.807, 2.05) is 0 Å². The summed E-state index contributed by atoms with van der Waals surface area (Å²) in [4.78, 5) is 3.74. The average molecular weight is 331 g/mol. The van der Waals surface area contributed by atoms with Gasteiger partial charge in [0.1, 0.15) is 0 Å². The summed E-state index contributed by atoms with van der Waals surface area (Å²) < 4.78 is 0. The number of hydrogen-bond donors (Lipinski definition) is 1. The van der Waals surface area contributed by atoms with Gasteiger partial charge >= 0.3 is 0 Å². The lowest BCUT2D eigenvalue weighted by atomic mass is 9.90. The first-order valence-electron chi connectivity index (χ1n) is 9.09. The SMILES string of the molecule is C1=C2Cc3[nH]c4c(-c5ccccc5)cccc4c3C=C2c2ccccc21. The van der Waals surface area contributed by atoms with Gasteiger partial charge in [0, 0.05) is 28.6 Å². The largest absolute Gasteiger partial charge is 0.357 e. The van der Waals surface area contributed by atoms with E-state index in [1.54, 1.807) is 0 Å². The molecule has 26 heavy (non-hydrogen) atoms. The Kier molecular flexibility index (Phi) is 2.72. The first-order valence-corrected chi connectivity index (χ1v) is 9.09. The Morgan fingerprint density at radius 2 is 1.50 bits per heavy atom. The Bertz CT molecular complexity index is 1240. The van der Waals surface area contributed by atoms with Crippen molar-refractivity contribution >= 4 is 28.6 Å². The molecule has 0 amide bonds. The van der Waals surface area contributed by atoms with Gasteiger partial charge in [0.25, 0.3) is 0 Å². The van der Waals surface area contributed by atoms with Crippen LogP contribution in [0.4, 0.5) is 0 Å². The minimum absolute atomic E-state index is 0.971. The number of benzene rings is 3. The van der Waals surface area contributed by atoms with E-state index in [1.165, 1.54) is 55.6 Å². The van der Waals surface area contributed by atoms with Gasteiger partial charge in [0.15, 0.2) is 0 Å². The van der Waals surface area contributed by atoms with Crippen LogP contribution < -0.4 is 0 Å². The highest BCUT2D eigenvalue weighted by molar-refractivity contribution is 6.09. The van der Waals surface area contributed by atoms with Gasteiger partial charge < -0.3 is 4.98 Å². The molecule has 1 heteroatoms. The normalized spacial score (nSPS) is 14.5. The molecular formula is C25H17N. The quantitative estimate of drug-likeness (QED) is 0.419. The van der Waals surface area contributed by atoms with Crippen LogP contribution in [-0.2, 0) is 6.42 Å². The van der Waals surface area contributed by atoms with Gasteiger partial charge in [-0.3, -0.25) is 0 Å². The Morgan fingerprint density at radius 1 is 0.692 bits per heavy atom. The summed E-state index contributed by atoms with van der Waals surface area (Å²) in [5, 5.41) is 1.32. The Hall–Kier alpha value is -3.32. The predicted octanol–water partition coefficient (Wildman–Crippen LogP) is 6.33. The molecule has 0 spiro atoms. The maximum Gasteiger partial charge on any atom is 0.0542 e. The topological polar surface area (TPSA) is 15.8 Å². The zero-order valence-electron chi connectivity index (χ0n) is 14.3. The van der Waals surface area contributed by atoms with Gasteiger partial charge in [-0.15, -0.1) is 0 Å². The van der Waals surface area contributed by atoms with Crippen LogP contribution in [0.3, 0.4) is 0 Å². The van der Waals surface area contributed by atoms with Crippen molar-refractivity contribution < 1.29 is 0 Å². The van der Waals surface area contributed by atoms with Crippen LogP contribution in [0, 0.1) is 0 Å². The van der Waals surface area contributed by atoms with Crippen LogP contribution in [0.1, 0.15) is 22.4 Å². The van der Waals surface area contributed by atoms with E-state index in [0.717, 1.165) is 6.42 Å². The molecule has 0 bridgehead atoms. The minimum atomic E-state index is 0.971. The van der Waals surface area contributed by atoms with E-state index in [0.29, 0.717) is 0 Å². The van der Waals surface area contributed by atoms with Crippen LogP contribution in [0.5, 0.6) is 0 Å². The highest BCUT2D eigenvalue weighted by Gasteiger charge is 2.25. The van der Waals surface area contributed by atoms with E-state index >= 15 is 0 Å². The summed E-state index contributed by atoms with van der Waals surface area (Å²) in [5.41, 5.74) is 12.0. The number of hydrogen-bond acceptors (Lipinski definition) is 0. The number of rotatable bonds is 1. The molecule has 1 aromatic heterocycles. The van der Waals surface area contributed by atoms with Crippen molar-refractivity contribution in [3.8, 4) is 11.1 Å². The summed E-state index contributed by atoms with van der Waals surface area (Å²) in [6, 6.07) is 26.0. The van der Waals surface area contributed by atoms with Crippen LogP contribution in [0.2, 0.25) is 0 Å². The second-order valence-electron chi connectivity index (χ2n) is 7.10. The van der Waals surface area contributed by atoms with Crippen molar-refractivity contribution in [1.29, 1.82) is 0 Å². The molecule has 0 unspecified atom stereocenters. The van der Waals surface area contributed by atoms with Gasteiger partial charge in [0.2, 0.25) is 0 Å². The fraction of sp³-hybridized carbons (Fsp3) is 0.0400. The monoisotopic (exact) mass is 331 g/mol. The fourth-order valence-corrected chi connectivity index (χ4v) is 4.41. The number of allylic oxidation sites excluding steroid dienone is 2. The van der Waals surface area contributed by atoms with E-state index < -0.39 is 0 Å². The van der Waals surface area contributed by atoms with Gasteiger partial charge in [-0.2, -0.15) is 0 Å². The molecule has 6 rings (SSSR count). The van der Waals surface area contributed by atoms with Crippen LogP contribution in [-0.4, -0.2) is 4.98 Å². The third-order valence-corrected chi connectivity index (χ3v) is 5.62. The van der Waals surface area contributed by atoms with Crippen molar-refractivity contribution in [3.05, 3.63) is 101 Å². The molecule has 0 radical (unpaired) electrons. The summed E-state index contributed by atoms with van der Waals surface area (Å²) >= 11 is 0. The van der Waals surface area contributed by atoms with Gasteiger partial charge in [0.05, 0.1) is 5.52 Å². The molecule has 2 aliphatic rings. The predicted molar refractivity (Wildman–Crippen MR) is 110 cm³/mol. The van der Waals surface area contributed by atoms with E-state index in [-0.39, 0.29) is 0 Å². The molecule has 0 atom stereocenters. The molecule has 0 fully saturated rings. The van der Waals surface area contributed by atoms with E-state index in [4.69, 9.17) is 0 Å². The molecule has 0 saturated heterocycles. The first kappa shape index (κ1) is 13.9. The van der Waals surface area contributed by atoms with E-state index in [2.05, 4.69) is 89.9 Å². The lowest BCUT2D eigenvalue weighted by Crippen LogP contribution is -1.98. The van der Waals surface area contributed by atoms with Crippen molar-refractivity contribution in [2.24, 2.45) is 0 Å². The van der Waals surface area contributed by atoms with Gasteiger partial charge in [-0.25, -0.2) is 0 Å². The third kappa shape index (κ3) is 1.86. The van der Waals surface area contributed by atoms with Gasteiger partial charge in [-0.05, 0) is 33.9 Å². The van der Waals surface area contributed by atoms with Gasteiger partial charge in [-0.1, -0.05) is 78.9 Å². The Morgan fingerprint density at radius 3 is 2.42 bits per heavy atom. The van der Waals surface area contributed by atoms with Crippen molar-refractivity contribution in [2.45, 2.75) is 6.42 Å². The van der Waals surface area contributed by atoms with E-state index in [9.17, 15) is 0 Å². The van der Waals surface area contributed by atoms with Crippen molar-refractivity contribution in [2.75, 3.05) is 0 Å². The average Bonchev–Trinajstić information content (AvgIpc) is 3.24. The number of aromatic nitrogens is 1. The lowest BCUT2D eigenvalue weighted by Gasteiger charge is -2.13. The molecule has 122 valence electrons. The molecule has 0 saturated carbocycles. The second kappa shape index (κ2) is 5.09. The highest BCUT2D eigenvalue weighted by Crippen LogP contribution is 2.44. The molecule has 0 aliphatic heterocycles. The maximum atomic E-state index is 3.74. The molecule has 1 N–H and O–H groups in total. The Balaban J connectivity index is 1.60. The standard InChI is InChI=1S/C25H17N/c1-2-7-16(8-3-1)20-11-6-12-21-23-15-22-18(14-24(23)26-25(20)21)13-17-9-4-5-10-19(17)22/h1-13,15,26H,14H2. The maximum absolute atomic E-state index is 3.74. The first-order chi connectivity index (χ1) is 12.9. The molecular weight excluding hydrogens is 314 g/mol. The third-order valence-electron chi connectivity index (χ3n) is 5.62. The zero-order valence-corrected chi connectivity index (χ0v) is 14.3. The van der Waals surface area contributed by atoms with Crippen LogP contribution >= 0.6 is 0 Å². The fourth-order valence-electron chi connectivity index (χ4n) is 4.41. The van der Waals surface area contributed by atoms with Crippen LogP contribution in [0.15, 0.2) is 78.4 Å². The minimum Gasteiger partial charge on any atom is -0.357 e. The summed E-state index contributed by atoms with van der Waals surface area (Å²) in [6.45, 7) is 0. The number of para-hydroxylation sites is 1. The van der Waals surface area contributed by atoms with Crippen molar-refractivity contribution in [1.82, 2.24) is 4.98 Å². The second-order valence-corrected chi connectivity index (χ2v) is 7.10. The smallest absolute Gasteiger partial charge is 0.0542 e. The molecule has 3 aromatic carbocycles. The lowest BCUT2D eigenvalue weighted by molar-refractivity contribution is 1.12.